The van der Waals surface area contributed by atoms with Crippen LogP contribution in [0.4, 0.5) is 0 Å². The summed E-state index contributed by atoms with van der Waals surface area (Å²) < 4.78 is 31.0. The summed E-state index contributed by atoms with van der Waals surface area (Å²) in [7, 11) is -3.82. The molecule has 4 aliphatic carbocycles. The quantitative estimate of drug-likeness (QED) is 0.796. The molecule has 0 amide bonds. The summed E-state index contributed by atoms with van der Waals surface area (Å²) in [5.74, 6) is 1.37. The van der Waals surface area contributed by atoms with Crippen LogP contribution >= 0.6 is 0 Å². The average Bonchev–Trinajstić information content (AvgIpc) is 2.51. The van der Waals surface area contributed by atoms with Gasteiger partial charge in [-0.15, -0.1) is 0 Å². The number of nitriles is 1. The molecule has 0 spiro atoms. The van der Waals surface area contributed by atoms with E-state index < -0.39 is 21.6 Å². The van der Waals surface area contributed by atoms with E-state index in [2.05, 4.69) is 6.07 Å². The lowest BCUT2D eigenvalue weighted by molar-refractivity contribution is -0.112. The second kappa shape index (κ2) is 5.06. The smallest absolute Gasteiger partial charge is 0.261 e. The number of hydrogen-bond acceptors (Lipinski definition) is 4. The SMILES string of the molecule is Cc1ccc(S(=O)(=O)O[C@H]2C3C[C@@H]4C[C@H](C3)CC2(C#N)C4)cc1. The molecule has 1 aromatic carbocycles. The Morgan fingerprint density at radius 3 is 2.30 bits per heavy atom. The minimum atomic E-state index is -3.82. The monoisotopic (exact) mass is 331 g/mol. The third-order valence-electron chi connectivity index (χ3n) is 5.98. The van der Waals surface area contributed by atoms with Crippen molar-refractivity contribution in [3.8, 4) is 6.07 Å². The molecule has 0 saturated heterocycles. The molecule has 1 aromatic rings. The summed E-state index contributed by atoms with van der Waals surface area (Å²) in [6.45, 7) is 1.92. The van der Waals surface area contributed by atoms with Gasteiger partial charge >= 0.3 is 0 Å². The highest BCUT2D eigenvalue weighted by Crippen LogP contribution is 2.61. The molecule has 2 unspecified atom stereocenters. The highest BCUT2D eigenvalue weighted by atomic mass is 32.2. The van der Waals surface area contributed by atoms with Crippen molar-refractivity contribution < 1.29 is 12.6 Å². The van der Waals surface area contributed by atoms with Gasteiger partial charge < -0.3 is 0 Å². The average molecular weight is 331 g/mol. The van der Waals surface area contributed by atoms with Gasteiger partial charge in [0.1, 0.15) is 0 Å². The lowest BCUT2D eigenvalue weighted by Crippen LogP contribution is -2.56. The van der Waals surface area contributed by atoms with Gasteiger partial charge in [-0.25, -0.2) is 0 Å². The first-order chi connectivity index (χ1) is 10.9. The zero-order valence-corrected chi connectivity index (χ0v) is 14.1. The van der Waals surface area contributed by atoms with Crippen molar-refractivity contribution in [2.75, 3.05) is 0 Å². The van der Waals surface area contributed by atoms with E-state index in [0.717, 1.165) is 31.2 Å². The minimum Gasteiger partial charge on any atom is -0.261 e. The lowest BCUT2D eigenvalue weighted by atomic mass is 9.49. The van der Waals surface area contributed by atoms with Gasteiger partial charge in [-0.05, 0) is 68.9 Å². The van der Waals surface area contributed by atoms with Crippen LogP contribution < -0.4 is 0 Å². The van der Waals surface area contributed by atoms with Gasteiger partial charge in [0.05, 0.1) is 22.5 Å². The molecule has 5 heteroatoms. The molecule has 0 aromatic heterocycles. The maximum Gasteiger partial charge on any atom is 0.297 e. The van der Waals surface area contributed by atoms with Crippen LogP contribution in [0, 0.1) is 41.4 Å². The number of aryl methyl sites for hydroxylation is 1. The molecule has 0 radical (unpaired) electrons. The maximum absolute atomic E-state index is 12.7. The third-order valence-corrected chi connectivity index (χ3v) is 7.29. The molecular formula is C18H21NO3S. The molecular weight excluding hydrogens is 310 g/mol. The standard InChI is InChI=1S/C18H21NO3S/c1-12-2-4-16(5-3-12)23(20,21)22-17-15-7-13-6-14(8-15)10-18(17,9-13)11-19/h2-5,13-15,17H,6-10H2,1H3/t13-,14+,15?,17-,18?/m0/s1. The molecule has 0 heterocycles. The van der Waals surface area contributed by atoms with Crippen molar-refractivity contribution in [2.24, 2.45) is 23.2 Å². The second-order valence-electron chi connectivity index (χ2n) is 7.66. The molecule has 4 bridgehead atoms. The molecule has 4 aliphatic rings. The molecule has 0 aliphatic heterocycles. The van der Waals surface area contributed by atoms with Crippen molar-refractivity contribution >= 4 is 10.1 Å². The van der Waals surface area contributed by atoms with E-state index in [4.69, 9.17) is 4.18 Å². The Labute approximate surface area is 137 Å². The van der Waals surface area contributed by atoms with Gasteiger partial charge in [-0.1, -0.05) is 17.7 Å². The molecule has 4 saturated carbocycles. The number of rotatable bonds is 3. The Morgan fingerprint density at radius 1 is 1.13 bits per heavy atom. The second-order valence-corrected chi connectivity index (χ2v) is 9.23. The van der Waals surface area contributed by atoms with Gasteiger partial charge in [-0.3, -0.25) is 4.18 Å². The van der Waals surface area contributed by atoms with Crippen LogP contribution in [-0.2, 0) is 14.3 Å². The van der Waals surface area contributed by atoms with Crippen LogP contribution in [0.15, 0.2) is 29.2 Å². The van der Waals surface area contributed by atoms with E-state index >= 15 is 0 Å². The van der Waals surface area contributed by atoms with E-state index in [1.165, 1.54) is 6.42 Å². The van der Waals surface area contributed by atoms with E-state index in [1.807, 2.05) is 6.92 Å². The summed E-state index contributed by atoms with van der Waals surface area (Å²) in [6.07, 6.45) is 4.33. The van der Waals surface area contributed by atoms with Crippen LogP contribution in [0.2, 0.25) is 0 Å². The molecule has 4 fully saturated rings. The zero-order valence-electron chi connectivity index (χ0n) is 13.2. The first kappa shape index (κ1) is 15.2. The zero-order chi connectivity index (χ0) is 16.2. The summed E-state index contributed by atoms with van der Waals surface area (Å²) >= 11 is 0. The molecule has 23 heavy (non-hydrogen) atoms. The molecule has 122 valence electrons. The fourth-order valence-corrected chi connectivity index (χ4v) is 6.41. The highest BCUT2D eigenvalue weighted by Gasteiger charge is 2.59. The largest absolute Gasteiger partial charge is 0.297 e. The first-order valence-electron chi connectivity index (χ1n) is 8.33. The predicted octanol–water partition coefficient (Wildman–Crippen LogP) is 3.42. The van der Waals surface area contributed by atoms with Gasteiger partial charge in [0.2, 0.25) is 0 Å². The first-order valence-corrected chi connectivity index (χ1v) is 9.74. The van der Waals surface area contributed by atoms with Crippen molar-refractivity contribution in [3.63, 3.8) is 0 Å². The minimum absolute atomic E-state index is 0.185. The maximum atomic E-state index is 12.7. The van der Waals surface area contributed by atoms with Gasteiger partial charge in [0.15, 0.2) is 0 Å². The van der Waals surface area contributed by atoms with E-state index in [1.54, 1.807) is 24.3 Å². The van der Waals surface area contributed by atoms with Crippen LogP contribution in [0.25, 0.3) is 0 Å². The van der Waals surface area contributed by atoms with Crippen molar-refractivity contribution in [1.29, 1.82) is 5.26 Å². The number of hydrogen-bond donors (Lipinski definition) is 0. The number of benzene rings is 1. The fraction of sp³-hybridized carbons (Fsp3) is 0.611. The Hall–Kier alpha value is -1.38. The lowest BCUT2D eigenvalue weighted by Gasteiger charge is -2.57. The fourth-order valence-electron chi connectivity index (χ4n) is 5.22. The van der Waals surface area contributed by atoms with Crippen molar-refractivity contribution in [3.05, 3.63) is 29.8 Å². The topological polar surface area (TPSA) is 67.2 Å². The Kier molecular flexibility index (Phi) is 3.33. The highest BCUT2D eigenvalue weighted by molar-refractivity contribution is 7.86. The van der Waals surface area contributed by atoms with E-state index in [9.17, 15) is 13.7 Å². The molecule has 5 atom stereocenters. The summed E-state index contributed by atoms with van der Waals surface area (Å²) in [4.78, 5) is 0.185. The normalized spacial score (nSPS) is 38.4. The Morgan fingerprint density at radius 2 is 1.74 bits per heavy atom. The summed E-state index contributed by atoms with van der Waals surface area (Å²) in [5.41, 5.74) is 0.402. The molecule has 5 rings (SSSR count). The third kappa shape index (κ3) is 2.40. The molecule has 4 nitrogen and oxygen atoms in total. The number of nitrogens with zero attached hydrogens (tertiary/aromatic N) is 1. The summed E-state index contributed by atoms with van der Waals surface area (Å²) in [5, 5.41) is 9.78. The van der Waals surface area contributed by atoms with E-state index in [0.29, 0.717) is 11.8 Å². The Bertz CT molecular complexity index is 748. The summed E-state index contributed by atoms with van der Waals surface area (Å²) in [6, 6.07) is 9.16. The van der Waals surface area contributed by atoms with Crippen LogP contribution in [0.1, 0.15) is 37.7 Å². The van der Waals surface area contributed by atoms with Crippen molar-refractivity contribution in [1.82, 2.24) is 0 Å². The van der Waals surface area contributed by atoms with Gasteiger partial charge in [-0.2, -0.15) is 13.7 Å². The molecule has 0 N–H and O–H groups in total. The van der Waals surface area contributed by atoms with Crippen LogP contribution in [-0.4, -0.2) is 14.5 Å². The van der Waals surface area contributed by atoms with Gasteiger partial charge in [0, 0.05) is 0 Å². The Balaban J connectivity index is 1.65. The van der Waals surface area contributed by atoms with Crippen LogP contribution in [0.5, 0.6) is 0 Å². The van der Waals surface area contributed by atoms with Crippen LogP contribution in [0.3, 0.4) is 0 Å². The van der Waals surface area contributed by atoms with Crippen molar-refractivity contribution in [2.45, 2.75) is 50.0 Å². The predicted molar refractivity (Wildman–Crippen MR) is 84.8 cm³/mol. The van der Waals surface area contributed by atoms with Gasteiger partial charge in [0.25, 0.3) is 10.1 Å². The van der Waals surface area contributed by atoms with E-state index in [-0.39, 0.29) is 10.8 Å².